The quantitative estimate of drug-likeness (QED) is 0.391. The predicted molar refractivity (Wildman–Crippen MR) is 130 cm³/mol. The Morgan fingerprint density at radius 3 is 2.20 bits per heavy atom. The zero-order chi connectivity index (χ0) is 25.0. The number of hydrogen-bond acceptors (Lipinski definition) is 5. The molecule has 3 aromatic rings. The molecule has 1 aliphatic carbocycles. The van der Waals surface area contributed by atoms with Gasteiger partial charge in [0.15, 0.2) is 0 Å². The fourth-order valence-electron chi connectivity index (χ4n) is 4.25. The first-order chi connectivity index (χ1) is 16.7. The van der Waals surface area contributed by atoms with E-state index in [9.17, 15) is 19.5 Å². The number of carboxylic acids is 1. The van der Waals surface area contributed by atoms with E-state index in [1.807, 2.05) is 36.4 Å². The van der Waals surface area contributed by atoms with E-state index in [4.69, 9.17) is 9.84 Å². The molecule has 0 saturated heterocycles. The number of rotatable bonds is 8. The molecule has 8 nitrogen and oxygen atoms in total. The summed E-state index contributed by atoms with van der Waals surface area (Å²) in [7, 11) is 0. The van der Waals surface area contributed by atoms with Crippen LogP contribution < -0.4 is 10.6 Å². The van der Waals surface area contributed by atoms with E-state index in [1.54, 1.807) is 18.2 Å². The van der Waals surface area contributed by atoms with Crippen LogP contribution in [-0.4, -0.2) is 46.9 Å². The van der Waals surface area contributed by atoms with E-state index < -0.39 is 30.0 Å². The summed E-state index contributed by atoms with van der Waals surface area (Å²) in [5.41, 5.74) is 3.52. The molecule has 0 radical (unpaired) electrons. The second-order valence-electron chi connectivity index (χ2n) is 8.78. The number of hydrogen-bond donors (Lipinski definition) is 4. The van der Waals surface area contributed by atoms with Gasteiger partial charge in [-0.05, 0) is 47.4 Å². The summed E-state index contributed by atoms with van der Waals surface area (Å²) in [5.74, 6) is -1.74. The van der Waals surface area contributed by atoms with Gasteiger partial charge in [0, 0.05) is 23.7 Å². The molecular weight excluding hydrogens is 448 g/mol. The van der Waals surface area contributed by atoms with Gasteiger partial charge in [0.2, 0.25) is 0 Å². The summed E-state index contributed by atoms with van der Waals surface area (Å²) in [5, 5.41) is 24.0. The number of ether oxygens (including phenoxy) is 1. The SMILES string of the molecule is CC(O)(CNC(=O)c1cccc(NC(=O)OCC2c3ccccc3-c3ccccc32)c1)CC(=O)O. The zero-order valence-corrected chi connectivity index (χ0v) is 19.2. The Balaban J connectivity index is 1.36. The fraction of sp³-hybridized carbons (Fsp3) is 0.222. The lowest BCUT2D eigenvalue weighted by Crippen LogP contribution is -2.42. The Hall–Kier alpha value is -4.17. The third-order valence-corrected chi connectivity index (χ3v) is 5.88. The smallest absolute Gasteiger partial charge is 0.411 e. The van der Waals surface area contributed by atoms with Crippen molar-refractivity contribution in [1.29, 1.82) is 0 Å². The third-order valence-electron chi connectivity index (χ3n) is 5.88. The highest BCUT2D eigenvalue weighted by molar-refractivity contribution is 5.96. The van der Waals surface area contributed by atoms with Crippen molar-refractivity contribution in [2.24, 2.45) is 0 Å². The largest absolute Gasteiger partial charge is 0.481 e. The number of amides is 2. The van der Waals surface area contributed by atoms with E-state index in [0.717, 1.165) is 22.3 Å². The van der Waals surface area contributed by atoms with Crippen molar-refractivity contribution in [1.82, 2.24) is 5.32 Å². The van der Waals surface area contributed by atoms with Crippen LogP contribution in [-0.2, 0) is 9.53 Å². The molecule has 8 heteroatoms. The minimum absolute atomic E-state index is 0.0659. The number of benzene rings is 3. The van der Waals surface area contributed by atoms with Crippen molar-refractivity contribution in [3.8, 4) is 11.1 Å². The molecule has 35 heavy (non-hydrogen) atoms. The highest BCUT2D eigenvalue weighted by Crippen LogP contribution is 2.44. The fourth-order valence-corrected chi connectivity index (χ4v) is 4.25. The maximum Gasteiger partial charge on any atom is 0.411 e. The number of carboxylic acid groups (broad SMARTS) is 1. The molecule has 2 amide bonds. The Morgan fingerprint density at radius 1 is 0.943 bits per heavy atom. The van der Waals surface area contributed by atoms with Gasteiger partial charge < -0.3 is 20.3 Å². The first-order valence-electron chi connectivity index (χ1n) is 11.2. The van der Waals surface area contributed by atoms with Crippen LogP contribution in [0.1, 0.15) is 40.7 Å². The maximum absolute atomic E-state index is 12.5. The van der Waals surface area contributed by atoms with E-state index in [0.29, 0.717) is 5.69 Å². The van der Waals surface area contributed by atoms with Crippen molar-refractivity contribution in [2.45, 2.75) is 24.9 Å². The highest BCUT2D eigenvalue weighted by Gasteiger charge is 2.29. The number of aliphatic hydroxyl groups is 1. The summed E-state index contributed by atoms with van der Waals surface area (Å²) in [6.45, 7) is 1.26. The molecule has 0 aliphatic heterocycles. The Bertz CT molecular complexity index is 1220. The van der Waals surface area contributed by atoms with Crippen LogP contribution in [0.2, 0.25) is 0 Å². The lowest BCUT2D eigenvalue weighted by atomic mass is 9.98. The van der Waals surface area contributed by atoms with Crippen LogP contribution >= 0.6 is 0 Å². The van der Waals surface area contributed by atoms with Gasteiger partial charge in [-0.15, -0.1) is 0 Å². The van der Waals surface area contributed by atoms with E-state index >= 15 is 0 Å². The molecule has 3 aromatic carbocycles. The average molecular weight is 475 g/mol. The Kier molecular flexibility index (Phi) is 6.84. The van der Waals surface area contributed by atoms with Gasteiger partial charge in [0.25, 0.3) is 5.91 Å². The summed E-state index contributed by atoms with van der Waals surface area (Å²) in [6.07, 6.45) is -1.15. The summed E-state index contributed by atoms with van der Waals surface area (Å²) in [4.78, 5) is 35.8. The highest BCUT2D eigenvalue weighted by atomic mass is 16.5. The first kappa shape index (κ1) is 24.0. The van der Waals surface area contributed by atoms with Crippen LogP contribution in [0.15, 0.2) is 72.8 Å². The molecule has 0 fully saturated rings. The number of aliphatic carboxylic acids is 1. The molecule has 4 rings (SSSR count). The van der Waals surface area contributed by atoms with Gasteiger partial charge in [0.1, 0.15) is 6.61 Å². The zero-order valence-electron chi connectivity index (χ0n) is 19.2. The van der Waals surface area contributed by atoms with Crippen molar-refractivity contribution >= 4 is 23.7 Å². The minimum Gasteiger partial charge on any atom is -0.481 e. The lowest BCUT2D eigenvalue weighted by Gasteiger charge is -2.21. The van der Waals surface area contributed by atoms with Crippen molar-refractivity contribution in [3.05, 3.63) is 89.5 Å². The van der Waals surface area contributed by atoms with E-state index in [1.165, 1.54) is 13.0 Å². The molecular formula is C27H26N2O6. The van der Waals surface area contributed by atoms with Crippen LogP contribution in [0, 0.1) is 0 Å². The monoisotopic (exact) mass is 474 g/mol. The molecule has 1 atom stereocenters. The summed E-state index contributed by atoms with van der Waals surface area (Å²) >= 11 is 0. The van der Waals surface area contributed by atoms with Gasteiger partial charge in [-0.1, -0.05) is 54.6 Å². The number of nitrogens with one attached hydrogen (secondary N) is 2. The number of carbonyl (C=O) groups excluding carboxylic acids is 2. The summed E-state index contributed by atoms with van der Waals surface area (Å²) < 4.78 is 5.53. The minimum atomic E-state index is -1.58. The van der Waals surface area contributed by atoms with E-state index in [-0.39, 0.29) is 24.6 Å². The second kappa shape index (κ2) is 9.99. The van der Waals surface area contributed by atoms with Crippen molar-refractivity contribution < 1.29 is 29.3 Å². The molecule has 1 unspecified atom stereocenters. The topological polar surface area (TPSA) is 125 Å². The third kappa shape index (κ3) is 5.67. The normalized spacial score (nSPS) is 13.8. The van der Waals surface area contributed by atoms with Crippen LogP contribution in [0.4, 0.5) is 10.5 Å². The van der Waals surface area contributed by atoms with Gasteiger partial charge in [-0.2, -0.15) is 0 Å². The van der Waals surface area contributed by atoms with Gasteiger partial charge in [-0.25, -0.2) is 4.79 Å². The molecule has 0 aromatic heterocycles. The number of fused-ring (bicyclic) bond motifs is 3. The van der Waals surface area contributed by atoms with Gasteiger partial charge in [0.05, 0.1) is 12.0 Å². The summed E-state index contributed by atoms with van der Waals surface area (Å²) in [6, 6.07) is 22.4. The van der Waals surface area contributed by atoms with E-state index in [2.05, 4.69) is 22.8 Å². The lowest BCUT2D eigenvalue weighted by molar-refractivity contribution is -0.141. The van der Waals surface area contributed by atoms with Crippen molar-refractivity contribution in [2.75, 3.05) is 18.5 Å². The molecule has 0 spiro atoms. The Labute approximate surface area is 202 Å². The molecule has 1 aliphatic rings. The molecule has 0 saturated carbocycles. The molecule has 0 bridgehead atoms. The second-order valence-corrected chi connectivity index (χ2v) is 8.78. The first-order valence-corrected chi connectivity index (χ1v) is 11.2. The average Bonchev–Trinajstić information content (AvgIpc) is 3.14. The molecule has 0 heterocycles. The van der Waals surface area contributed by atoms with Crippen LogP contribution in [0.3, 0.4) is 0 Å². The van der Waals surface area contributed by atoms with Crippen LogP contribution in [0.25, 0.3) is 11.1 Å². The molecule has 180 valence electrons. The molecule has 4 N–H and O–H groups in total. The standard InChI is InChI=1S/C27H26N2O6/c1-27(34,14-24(30)31)16-28-25(32)17-7-6-8-18(13-17)29-26(33)35-15-23-21-11-4-2-9-19(21)20-10-3-5-12-22(20)23/h2-13,23,34H,14-16H2,1H3,(H,28,32)(H,29,33)(H,30,31). The number of anilines is 1. The maximum atomic E-state index is 12.5. The van der Waals surface area contributed by atoms with Crippen LogP contribution in [0.5, 0.6) is 0 Å². The van der Waals surface area contributed by atoms with Gasteiger partial charge in [-0.3, -0.25) is 14.9 Å². The number of carbonyl (C=O) groups is 3. The van der Waals surface area contributed by atoms with Gasteiger partial charge >= 0.3 is 12.1 Å². The predicted octanol–water partition coefficient (Wildman–Crippen LogP) is 4.00. The van der Waals surface area contributed by atoms with Crippen molar-refractivity contribution in [3.63, 3.8) is 0 Å². The Morgan fingerprint density at radius 2 is 1.57 bits per heavy atom.